The number of benzene rings is 1. The lowest BCUT2D eigenvalue weighted by Gasteiger charge is -2.13. The van der Waals surface area contributed by atoms with Gasteiger partial charge in [0.05, 0.1) is 25.7 Å². The molecule has 1 aromatic rings. The van der Waals surface area contributed by atoms with Gasteiger partial charge in [-0.25, -0.2) is 4.39 Å². The Morgan fingerprint density at radius 3 is 2.44 bits per heavy atom. The molecule has 0 aliphatic carbocycles. The molecule has 0 bridgehead atoms. The third kappa shape index (κ3) is 2.36. The standard InChI is InChI=1S/C10H10ClFO4/c1-15-9-5(4-7(13)14)3-6(11)8(12)10(9)16-2/h3H,4H2,1-2H3,(H,13,14). The maximum Gasteiger partial charge on any atom is 0.307 e. The molecule has 4 nitrogen and oxygen atoms in total. The van der Waals surface area contributed by atoms with Gasteiger partial charge in [-0.1, -0.05) is 11.6 Å². The average molecular weight is 249 g/mol. The van der Waals surface area contributed by atoms with Crippen LogP contribution < -0.4 is 9.47 Å². The van der Waals surface area contributed by atoms with Gasteiger partial charge in [0, 0.05) is 5.56 Å². The minimum atomic E-state index is -1.07. The highest BCUT2D eigenvalue weighted by Crippen LogP contribution is 2.38. The molecule has 0 spiro atoms. The van der Waals surface area contributed by atoms with Gasteiger partial charge in [-0.2, -0.15) is 0 Å². The Morgan fingerprint density at radius 2 is 2.00 bits per heavy atom. The summed E-state index contributed by atoms with van der Waals surface area (Å²) in [5.74, 6) is -1.98. The molecule has 0 atom stereocenters. The van der Waals surface area contributed by atoms with Crippen LogP contribution >= 0.6 is 11.6 Å². The SMILES string of the molecule is COc1c(CC(=O)O)cc(Cl)c(F)c1OC. The molecule has 0 unspecified atom stereocenters. The zero-order valence-corrected chi connectivity index (χ0v) is 9.47. The van der Waals surface area contributed by atoms with Crippen molar-refractivity contribution in [3.8, 4) is 11.5 Å². The number of carboxylic acid groups (broad SMARTS) is 1. The zero-order valence-electron chi connectivity index (χ0n) is 8.71. The molecule has 88 valence electrons. The van der Waals surface area contributed by atoms with E-state index in [-0.39, 0.29) is 28.5 Å². The molecular weight excluding hydrogens is 239 g/mol. The summed E-state index contributed by atoms with van der Waals surface area (Å²) in [4.78, 5) is 10.6. The number of rotatable bonds is 4. The van der Waals surface area contributed by atoms with Crippen molar-refractivity contribution in [1.29, 1.82) is 0 Å². The molecule has 1 rings (SSSR count). The van der Waals surface area contributed by atoms with Gasteiger partial charge < -0.3 is 14.6 Å². The van der Waals surface area contributed by atoms with E-state index in [1.807, 2.05) is 0 Å². The molecule has 0 amide bonds. The Morgan fingerprint density at radius 1 is 1.44 bits per heavy atom. The summed E-state index contributed by atoms with van der Waals surface area (Å²) < 4.78 is 23.2. The summed E-state index contributed by atoms with van der Waals surface area (Å²) in [6.45, 7) is 0. The first-order valence-corrected chi connectivity index (χ1v) is 4.69. The number of hydrogen-bond donors (Lipinski definition) is 1. The largest absolute Gasteiger partial charge is 0.492 e. The van der Waals surface area contributed by atoms with E-state index in [0.29, 0.717) is 0 Å². The van der Waals surface area contributed by atoms with E-state index in [1.54, 1.807) is 0 Å². The fraction of sp³-hybridized carbons (Fsp3) is 0.300. The summed E-state index contributed by atoms with van der Waals surface area (Å²) in [6, 6.07) is 1.21. The molecule has 0 radical (unpaired) electrons. The lowest BCUT2D eigenvalue weighted by Crippen LogP contribution is -2.05. The maximum absolute atomic E-state index is 13.5. The Hall–Kier alpha value is -1.49. The van der Waals surface area contributed by atoms with Crippen LogP contribution in [0.3, 0.4) is 0 Å². The topological polar surface area (TPSA) is 55.8 Å². The Balaban J connectivity index is 3.37. The first-order valence-electron chi connectivity index (χ1n) is 4.31. The average Bonchev–Trinajstić information content (AvgIpc) is 2.21. The molecule has 1 N–H and O–H groups in total. The Labute approximate surface area is 96.5 Å². The summed E-state index contributed by atoms with van der Waals surface area (Å²) in [5.41, 5.74) is 0.262. The van der Waals surface area contributed by atoms with Crippen molar-refractivity contribution in [2.75, 3.05) is 14.2 Å². The predicted molar refractivity (Wildman–Crippen MR) is 55.9 cm³/mol. The fourth-order valence-electron chi connectivity index (χ4n) is 1.34. The first-order chi connectivity index (χ1) is 7.51. The summed E-state index contributed by atoms with van der Waals surface area (Å²) in [7, 11) is 2.55. The van der Waals surface area contributed by atoms with Crippen LogP contribution in [0, 0.1) is 5.82 Å². The number of ether oxygens (including phenoxy) is 2. The van der Waals surface area contributed by atoms with E-state index in [0.717, 1.165) is 0 Å². The molecule has 0 aliphatic rings. The van der Waals surface area contributed by atoms with E-state index < -0.39 is 11.8 Å². The van der Waals surface area contributed by atoms with Crippen molar-refractivity contribution in [2.24, 2.45) is 0 Å². The molecule has 0 aromatic heterocycles. The second-order valence-electron chi connectivity index (χ2n) is 2.97. The molecule has 0 saturated heterocycles. The fourth-order valence-corrected chi connectivity index (χ4v) is 1.55. The minimum absolute atomic E-state index is 0.0480. The highest BCUT2D eigenvalue weighted by Gasteiger charge is 2.20. The quantitative estimate of drug-likeness (QED) is 0.887. The third-order valence-corrected chi connectivity index (χ3v) is 2.23. The van der Waals surface area contributed by atoms with Crippen LogP contribution in [-0.4, -0.2) is 25.3 Å². The van der Waals surface area contributed by atoms with Gasteiger partial charge in [0.25, 0.3) is 0 Å². The number of aliphatic carboxylic acids is 1. The van der Waals surface area contributed by atoms with Crippen molar-refractivity contribution in [1.82, 2.24) is 0 Å². The lowest BCUT2D eigenvalue weighted by atomic mass is 10.1. The molecule has 0 fully saturated rings. The Kier molecular flexibility index (Phi) is 3.95. The van der Waals surface area contributed by atoms with E-state index in [9.17, 15) is 9.18 Å². The number of halogens is 2. The van der Waals surface area contributed by atoms with Gasteiger partial charge >= 0.3 is 5.97 Å². The van der Waals surface area contributed by atoms with Gasteiger partial charge in [-0.15, -0.1) is 0 Å². The second kappa shape index (κ2) is 5.03. The maximum atomic E-state index is 13.5. The van der Waals surface area contributed by atoms with Crippen molar-refractivity contribution in [3.63, 3.8) is 0 Å². The van der Waals surface area contributed by atoms with Gasteiger partial charge in [0.15, 0.2) is 17.3 Å². The van der Waals surface area contributed by atoms with Crippen LogP contribution in [0.15, 0.2) is 6.07 Å². The van der Waals surface area contributed by atoms with Crippen LogP contribution in [0.25, 0.3) is 0 Å². The van der Waals surface area contributed by atoms with Crippen molar-refractivity contribution in [3.05, 3.63) is 22.5 Å². The molecule has 6 heteroatoms. The number of hydrogen-bond acceptors (Lipinski definition) is 3. The highest BCUT2D eigenvalue weighted by atomic mass is 35.5. The molecule has 0 aliphatic heterocycles. The monoisotopic (exact) mass is 248 g/mol. The molecular formula is C10H10ClFO4. The van der Waals surface area contributed by atoms with Gasteiger partial charge in [0.1, 0.15) is 0 Å². The van der Waals surface area contributed by atoms with Crippen LogP contribution in [0.4, 0.5) is 4.39 Å². The third-order valence-electron chi connectivity index (χ3n) is 1.96. The second-order valence-corrected chi connectivity index (χ2v) is 3.38. The molecule has 16 heavy (non-hydrogen) atoms. The molecule has 1 aromatic carbocycles. The van der Waals surface area contributed by atoms with Crippen LogP contribution in [0.5, 0.6) is 11.5 Å². The Bertz CT molecular complexity index is 420. The number of carboxylic acids is 1. The first kappa shape index (κ1) is 12.6. The van der Waals surface area contributed by atoms with E-state index in [1.165, 1.54) is 20.3 Å². The van der Waals surface area contributed by atoms with Crippen molar-refractivity contribution in [2.45, 2.75) is 6.42 Å². The summed E-state index contributed by atoms with van der Waals surface area (Å²) in [5, 5.41) is 8.48. The van der Waals surface area contributed by atoms with Crippen LogP contribution in [0.1, 0.15) is 5.56 Å². The molecule has 0 saturated carbocycles. The zero-order chi connectivity index (χ0) is 12.3. The van der Waals surface area contributed by atoms with Gasteiger partial charge in [-0.3, -0.25) is 4.79 Å². The number of methoxy groups -OCH3 is 2. The number of carbonyl (C=O) groups is 1. The predicted octanol–water partition coefficient (Wildman–Crippen LogP) is 2.12. The normalized spacial score (nSPS) is 10.0. The summed E-state index contributed by atoms with van der Waals surface area (Å²) >= 11 is 5.61. The smallest absolute Gasteiger partial charge is 0.307 e. The molecule has 0 heterocycles. The van der Waals surface area contributed by atoms with Crippen LogP contribution in [-0.2, 0) is 11.2 Å². The summed E-state index contributed by atoms with van der Waals surface area (Å²) in [6.07, 6.45) is -0.320. The van der Waals surface area contributed by atoms with E-state index >= 15 is 0 Å². The lowest BCUT2D eigenvalue weighted by molar-refractivity contribution is -0.136. The van der Waals surface area contributed by atoms with Crippen LogP contribution in [0.2, 0.25) is 5.02 Å². The van der Waals surface area contributed by atoms with Gasteiger partial charge in [-0.05, 0) is 6.07 Å². The van der Waals surface area contributed by atoms with Crippen molar-refractivity contribution < 1.29 is 23.8 Å². The van der Waals surface area contributed by atoms with E-state index in [2.05, 4.69) is 0 Å². The highest BCUT2D eigenvalue weighted by molar-refractivity contribution is 6.31. The van der Waals surface area contributed by atoms with Crippen molar-refractivity contribution >= 4 is 17.6 Å². The van der Waals surface area contributed by atoms with E-state index in [4.69, 9.17) is 26.2 Å². The van der Waals surface area contributed by atoms with Gasteiger partial charge in [0.2, 0.25) is 0 Å². The minimum Gasteiger partial charge on any atom is -0.492 e.